The lowest BCUT2D eigenvalue weighted by atomic mass is 10.1. The molecule has 4 rings (SSSR count). The van der Waals surface area contributed by atoms with Crippen molar-refractivity contribution in [3.05, 3.63) is 77.2 Å². The molecule has 0 aliphatic rings. The van der Waals surface area contributed by atoms with Gasteiger partial charge in [-0.2, -0.15) is 0 Å². The van der Waals surface area contributed by atoms with Gasteiger partial charge in [0.15, 0.2) is 0 Å². The first-order chi connectivity index (χ1) is 12.7. The molecule has 1 unspecified atom stereocenters. The minimum atomic E-state index is 0.0869. The van der Waals surface area contributed by atoms with Gasteiger partial charge in [0.25, 0.3) is 0 Å². The Hall–Kier alpha value is -2.79. The monoisotopic (exact) mass is 360 g/mol. The van der Waals surface area contributed by atoms with Crippen LogP contribution in [-0.2, 0) is 0 Å². The van der Waals surface area contributed by atoms with Crippen LogP contribution in [0.3, 0.4) is 0 Å². The third kappa shape index (κ3) is 2.84. The van der Waals surface area contributed by atoms with Gasteiger partial charge in [0.1, 0.15) is 17.0 Å². The zero-order valence-corrected chi connectivity index (χ0v) is 15.9. The molecule has 3 aromatic heterocycles. The van der Waals surface area contributed by atoms with Gasteiger partial charge in [-0.3, -0.25) is 4.98 Å². The van der Waals surface area contributed by atoms with Gasteiger partial charge in [0.05, 0.1) is 11.4 Å². The Bertz CT molecular complexity index is 1030. The summed E-state index contributed by atoms with van der Waals surface area (Å²) in [5.41, 5.74) is 3.50. The highest BCUT2D eigenvalue weighted by molar-refractivity contribution is 7.18. The Morgan fingerprint density at radius 1 is 1.00 bits per heavy atom. The van der Waals surface area contributed by atoms with Gasteiger partial charge in [-0.05, 0) is 50.1 Å². The van der Waals surface area contributed by atoms with E-state index in [4.69, 9.17) is 4.98 Å². The van der Waals surface area contributed by atoms with Crippen molar-refractivity contribution < 1.29 is 0 Å². The SMILES string of the molecule is Cc1sc2ncnc(N(c3ccccc3)C(C)c3cccnc3)c2c1C. The number of thiophene rings is 1. The summed E-state index contributed by atoms with van der Waals surface area (Å²) in [5.74, 6) is 0.944. The lowest BCUT2D eigenvalue weighted by Gasteiger charge is -2.31. The summed E-state index contributed by atoms with van der Waals surface area (Å²) in [6.07, 6.45) is 5.39. The van der Waals surface area contributed by atoms with Gasteiger partial charge in [-0.1, -0.05) is 24.3 Å². The topological polar surface area (TPSA) is 41.9 Å². The molecule has 1 aromatic carbocycles. The molecule has 4 aromatic rings. The first kappa shape index (κ1) is 16.7. The first-order valence-corrected chi connectivity index (χ1v) is 9.43. The molecule has 0 saturated heterocycles. The van der Waals surface area contributed by atoms with Crippen molar-refractivity contribution in [2.24, 2.45) is 0 Å². The number of fused-ring (bicyclic) bond motifs is 1. The minimum absolute atomic E-state index is 0.0869. The van der Waals surface area contributed by atoms with Crippen LogP contribution < -0.4 is 4.90 Å². The zero-order valence-electron chi connectivity index (χ0n) is 15.0. The van der Waals surface area contributed by atoms with Crippen molar-refractivity contribution in [1.29, 1.82) is 0 Å². The maximum atomic E-state index is 4.71. The van der Waals surface area contributed by atoms with Crippen LogP contribution in [0.2, 0.25) is 0 Å². The largest absolute Gasteiger partial charge is 0.318 e. The van der Waals surface area contributed by atoms with Crippen molar-refractivity contribution >= 4 is 33.1 Å². The van der Waals surface area contributed by atoms with Crippen LogP contribution in [0.15, 0.2) is 61.2 Å². The van der Waals surface area contributed by atoms with Crippen molar-refractivity contribution in [2.75, 3.05) is 4.90 Å². The average Bonchev–Trinajstić information content (AvgIpc) is 2.98. The summed E-state index contributed by atoms with van der Waals surface area (Å²) in [4.78, 5) is 18.1. The van der Waals surface area contributed by atoms with Crippen molar-refractivity contribution in [3.63, 3.8) is 0 Å². The Labute approximate surface area is 157 Å². The van der Waals surface area contributed by atoms with E-state index in [-0.39, 0.29) is 6.04 Å². The number of rotatable bonds is 4. The molecule has 26 heavy (non-hydrogen) atoms. The summed E-state index contributed by atoms with van der Waals surface area (Å²) >= 11 is 1.72. The Balaban J connectivity index is 1.95. The van der Waals surface area contributed by atoms with Crippen LogP contribution in [0.5, 0.6) is 0 Å². The van der Waals surface area contributed by atoms with Gasteiger partial charge in [-0.15, -0.1) is 11.3 Å². The fraction of sp³-hybridized carbons (Fsp3) is 0.190. The maximum Gasteiger partial charge on any atom is 0.146 e. The van der Waals surface area contributed by atoms with E-state index in [1.165, 1.54) is 10.4 Å². The molecule has 3 heterocycles. The third-order valence-corrected chi connectivity index (χ3v) is 5.88. The Morgan fingerprint density at radius 3 is 2.54 bits per heavy atom. The number of aromatic nitrogens is 3. The number of benzene rings is 1. The van der Waals surface area contributed by atoms with Crippen LogP contribution >= 0.6 is 11.3 Å². The highest BCUT2D eigenvalue weighted by Crippen LogP contribution is 2.40. The average molecular weight is 360 g/mol. The number of anilines is 2. The molecular formula is C21H20N4S. The molecule has 0 bridgehead atoms. The second-order valence-electron chi connectivity index (χ2n) is 6.33. The van der Waals surface area contributed by atoms with Gasteiger partial charge < -0.3 is 4.90 Å². The van der Waals surface area contributed by atoms with Crippen LogP contribution in [0.25, 0.3) is 10.2 Å². The summed E-state index contributed by atoms with van der Waals surface area (Å²) in [6.45, 7) is 6.48. The molecule has 0 fully saturated rings. The summed E-state index contributed by atoms with van der Waals surface area (Å²) < 4.78 is 0. The molecule has 0 N–H and O–H groups in total. The number of nitrogens with zero attached hydrogens (tertiary/aromatic N) is 4. The normalized spacial score (nSPS) is 12.3. The fourth-order valence-electron chi connectivity index (χ4n) is 3.24. The highest BCUT2D eigenvalue weighted by Gasteiger charge is 2.24. The van der Waals surface area contributed by atoms with Gasteiger partial charge in [0, 0.05) is 23.0 Å². The second-order valence-corrected chi connectivity index (χ2v) is 7.53. The number of para-hydroxylation sites is 1. The molecule has 0 saturated carbocycles. The predicted molar refractivity (Wildman–Crippen MR) is 108 cm³/mol. The van der Waals surface area contributed by atoms with Gasteiger partial charge in [-0.25, -0.2) is 9.97 Å². The van der Waals surface area contributed by atoms with Gasteiger partial charge >= 0.3 is 0 Å². The zero-order chi connectivity index (χ0) is 18.1. The summed E-state index contributed by atoms with van der Waals surface area (Å²) in [7, 11) is 0. The van der Waals surface area contributed by atoms with E-state index in [2.05, 4.69) is 66.0 Å². The molecule has 130 valence electrons. The van der Waals surface area contributed by atoms with Crippen LogP contribution in [-0.4, -0.2) is 15.0 Å². The Kier molecular flexibility index (Phi) is 4.39. The molecular weight excluding hydrogens is 340 g/mol. The molecule has 0 aliphatic heterocycles. The quantitative estimate of drug-likeness (QED) is 0.475. The molecule has 5 heteroatoms. The van der Waals surface area contributed by atoms with E-state index >= 15 is 0 Å². The van der Waals surface area contributed by atoms with Crippen molar-refractivity contribution in [2.45, 2.75) is 26.8 Å². The van der Waals surface area contributed by atoms with E-state index in [0.29, 0.717) is 0 Å². The molecule has 0 radical (unpaired) electrons. The number of hydrogen-bond acceptors (Lipinski definition) is 5. The van der Waals surface area contributed by atoms with Crippen molar-refractivity contribution in [3.8, 4) is 0 Å². The smallest absolute Gasteiger partial charge is 0.146 e. The summed E-state index contributed by atoms with van der Waals surface area (Å²) in [5, 5.41) is 1.13. The standard InChI is InChI=1S/C21H20N4S/c1-14-16(3)26-21-19(14)20(23-13-24-21)25(18-9-5-4-6-10-18)15(2)17-8-7-11-22-12-17/h4-13,15H,1-3H3. The highest BCUT2D eigenvalue weighted by atomic mass is 32.1. The van der Waals surface area contributed by atoms with Crippen LogP contribution in [0.4, 0.5) is 11.5 Å². The van der Waals surface area contributed by atoms with Crippen LogP contribution in [0.1, 0.15) is 29.0 Å². The number of pyridine rings is 1. The second kappa shape index (κ2) is 6.84. The molecule has 0 spiro atoms. The number of hydrogen-bond donors (Lipinski definition) is 0. The maximum absolute atomic E-state index is 4.71. The lowest BCUT2D eigenvalue weighted by Crippen LogP contribution is -2.23. The van der Waals surface area contributed by atoms with E-state index in [0.717, 1.165) is 27.3 Å². The van der Waals surface area contributed by atoms with E-state index in [9.17, 15) is 0 Å². The van der Waals surface area contributed by atoms with E-state index in [1.807, 2.05) is 18.3 Å². The molecule has 0 aliphatic carbocycles. The lowest BCUT2D eigenvalue weighted by molar-refractivity contribution is 0.760. The Morgan fingerprint density at radius 2 is 1.81 bits per heavy atom. The van der Waals surface area contributed by atoms with Crippen molar-refractivity contribution in [1.82, 2.24) is 15.0 Å². The number of aryl methyl sites for hydroxylation is 2. The molecule has 0 amide bonds. The predicted octanol–water partition coefficient (Wildman–Crippen LogP) is 5.60. The van der Waals surface area contributed by atoms with E-state index < -0.39 is 0 Å². The first-order valence-electron chi connectivity index (χ1n) is 8.61. The molecule has 4 nitrogen and oxygen atoms in total. The summed E-state index contributed by atoms with van der Waals surface area (Å²) in [6, 6.07) is 14.6. The van der Waals surface area contributed by atoms with Gasteiger partial charge in [0.2, 0.25) is 0 Å². The third-order valence-electron chi connectivity index (χ3n) is 4.76. The minimum Gasteiger partial charge on any atom is -0.318 e. The molecule has 1 atom stereocenters. The fourth-order valence-corrected chi connectivity index (χ4v) is 4.23. The van der Waals surface area contributed by atoms with E-state index in [1.54, 1.807) is 23.9 Å². The van der Waals surface area contributed by atoms with Crippen LogP contribution in [0, 0.1) is 13.8 Å².